The van der Waals surface area contributed by atoms with Gasteiger partial charge in [-0.3, -0.25) is 4.79 Å². The maximum atomic E-state index is 12.4. The molecule has 0 spiro atoms. The summed E-state index contributed by atoms with van der Waals surface area (Å²) in [5.41, 5.74) is 2.07. The Morgan fingerprint density at radius 1 is 1.04 bits per heavy atom. The van der Waals surface area contributed by atoms with Crippen molar-refractivity contribution in [3.63, 3.8) is 0 Å². The van der Waals surface area contributed by atoms with E-state index < -0.39 is 0 Å². The second-order valence-corrected chi connectivity index (χ2v) is 6.36. The number of amides is 1. The van der Waals surface area contributed by atoms with Crippen LogP contribution in [0.1, 0.15) is 5.56 Å². The fourth-order valence-electron chi connectivity index (χ4n) is 3.28. The molecular formula is C21H21N3O2. The van der Waals surface area contributed by atoms with E-state index in [1.807, 2.05) is 42.5 Å². The first-order valence-corrected chi connectivity index (χ1v) is 8.85. The van der Waals surface area contributed by atoms with E-state index in [9.17, 15) is 4.79 Å². The second kappa shape index (κ2) is 7.54. The molecule has 3 aromatic rings. The van der Waals surface area contributed by atoms with E-state index >= 15 is 0 Å². The van der Waals surface area contributed by atoms with Crippen LogP contribution in [-0.4, -0.2) is 37.2 Å². The van der Waals surface area contributed by atoms with Crippen molar-refractivity contribution < 1.29 is 9.53 Å². The Morgan fingerprint density at radius 2 is 1.85 bits per heavy atom. The van der Waals surface area contributed by atoms with Crippen molar-refractivity contribution in [2.24, 2.45) is 0 Å². The lowest BCUT2D eigenvalue weighted by atomic mass is 10.0. The van der Waals surface area contributed by atoms with E-state index in [1.54, 1.807) is 6.20 Å². The summed E-state index contributed by atoms with van der Waals surface area (Å²) in [5.74, 6) is 0.514. The molecule has 26 heavy (non-hydrogen) atoms. The first-order chi connectivity index (χ1) is 12.8. The standard InChI is InChI=1S/C21H21N3O2/c25-21(14-17-6-3-5-16-4-1-2-7-19(16)17)23-20-9-8-18(15-22-20)24-10-12-26-13-11-24/h1-9,15H,10-14H2,(H,22,23,25). The lowest BCUT2D eigenvalue weighted by Crippen LogP contribution is -2.36. The van der Waals surface area contributed by atoms with Gasteiger partial charge in [0.2, 0.25) is 5.91 Å². The average Bonchev–Trinajstić information content (AvgIpc) is 2.69. The lowest BCUT2D eigenvalue weighted by molar-refractivity contribution is -0.115. The van der Waals surface area contributed by atoms with Gasteiger partial charge in [-0.1, -0.05) is 42.5 Å². The Hall–Kier alpha value is -2.92. The highest BCUT2D eigenvalue weighted by Crippen LogP contribution is 2.20. The van der Waals surface area contributed by atoms with Crippen molar-refractivity contribution in [3.05, 3.63) is 66.4 Å². The smallest absolute Gasteiger partial charge is 0.229 e. The first kappa shape index (κ1) is 16.5. The lowest BCUT2D eigenvalue weighted by Gasteiger charge is -2.28. The number of fused-ring (bicyclic) bond motifs is 1. The molecule has 1 aromatic heterocycles. The van der Waals surface area contributed by atoms with E-state index in [0.717, 1.165) is 48.3 Å². The molecule has 1 amide bonds. The molecule has 1 saturated heterocycles. The summed E-state index contributed by atoms with van der Waals surface area (Å²) >= 11 is 0. The van der Waals surface area contributed by atoms with Crippen LogP contribution >= 0.6 is 0 Å². The Kier molecular flexibility index (Phi) is 4.80. The number of ether oxygens (including phenoxy) is 1. The minimum absolute atomic E-state index is 0.0621. The van der Waals surface area contributed by atoms with Crippen molar-refractivity contribution >= 4 is 28.2 Å². The molecule has 0 atom stereocenters. The summed E-state index contributed by atoms with van der Waals surface area (Å²) in [4.78, 5) is 19.1. The van der Waals surface area contributed by atoms with Crippen LogP contribution in [0, 0.1) is 0 Å². The van der Waals surface area contributed by atoms with Gasteiger partial charge in [0.15, 0.2) is 0 Å². The molecule has 5 nitrogen and oxygen atoms in total. The number of rotatable bonds is 4. The molecule has 0 unspecified atom stereocenters. The zero-order valence-corrected chi connectivity index (χ0v) is 14.5. The van der Waals surface area contributed by atoms with Crippen LogP contribution in [0.4, 0.5) is 11.5 Å². The highest BCUT2D eigenvalue weighted by atomic mass is 16.5. The van der Waals surface area contributed by atoms with Crippen LogP contribution in [-0.2, 0) is 16.0 Å². The van der Waals surface area contributed by atoms with Gasteiger partial charge in [0.05, 0.1) is 31.5 Å². The van der Waals surface area contributed by atoms with E-state index in [4.69, 9.17) is 4.74 Å². The molecule has 4 rings (SSSR count). The van der Waals surface area contributed by atoms with Gasteiger partial charge in [-0.05, 0) is 28.5 Å². The molecule has 2 heterocycles. The van der Waals surface area contributed by atoms with Gasteiger partial charge in [0, 0.05) is 13.1 Å². The SMILES string of the molecule is O=C(Cc1cccc2ccccc12)Nc1ccc(N2CCOCC2)cn1. The van der Waals surface area contributed by atoms with Gasteiger partial charge < -0.3 is 15.0 Å². The van der Waals surface area contributed by atoms with Gasteiger partial charge in [0.1, 0.15) is 5.82 Å². The third-order valence-electron chi connectivity index (χ3n) is 4.62. The Balaban J connectivity index is 1.43. The van der Waals surface area contributed by atoms with Crippen LogP contribution in [0.15, 0.2) is 60.8 Å². The number of morpholine rings is 1. The van der Waals surface area contributed by atoms with Gasteiger partial charge in [-0.15, -0.1) is 0 Å². The number of hydrogen-bond donors (Lipinski definition) is 1. The van der Waals surface area contributed by atoms with E-state index in [0.29, 0.717) is 12.2 Å². The zero-order chi connectivity index (χ0) is 17.8. The summed E-state index contributed by atoms with van der Waals surface area (Å²) in [7, 11) is 0. The predicted octanol–water partition coefficient (Wildman–Crippen LogP) is 3.25. The monoisotopic (exact) mass is 347 g/mol. The van der Waals surface area contributed by atoms with Gasteiger partial charge in [0.25, 0.3) is 0 Å². The maximum absolute atomic E-state index is 12.4. The van der Waals surface area contributed by atoms with Crippen molar-refractivity contribution in [1.29, 1.82) is 0 Å². The van der Waals surface area contributed by atoms with Gasteiger partial charge in [-0.25, -0.2) is 4.98 Å². The van der Waals surface area contributed by atoms with Crippen LogP contribution in [0.25, 0.3) is 10.8 Å². The molecule has 1 aliphatic rings. The zero-order valence-electron chi connectivity index (χ0n) is 14.5. The molecule has 5 heteroatoms. The number of hydrogen-bond acceptors (Lipinski definition) is 4. The number of nitrogens with one attached hydrogen (secondary N) is 1. The fourth-order valence-corrected chi connectivity index (χ4v) is 3.28. The number of anilines is 2. The molecule has 1 fully saturated rings. The molecule has 1 aliphatic heterocycles. The van der Waals surface area contributed by atoms with Crippen molar-refractivity contribution in [1.82, 2.24) is 4.98 Å². The maximum Gasteiger partial charge on any atom is 0.229 e. The second-order valence-electron chi connectivity index (χ2n) is 6.36. The van der Waals surface area contributed by atoms with E-state index in [-0.39, 0.29) is 5.91 Å². The van der Waals surface area contributed by atoms with Crippen LogP contribution < -0.4 is 10.2 Å². The summed E-state index contributed by atoms with van der Waals surface area (Å²) in [6, 6.07) is 18.0. The quantitative estimate of drug-likeness (QED) is 0.787. The van der Waals surface area contributed by atoms with E-state index in [1.165, 1.54) is 0 Å². The summed E-state index contributed by atoms with van der Waals surface area (Å²) in [5, 5.41) is 5.15. The van der Waals surface area contributed by atoms with Crippen molar-refractivity contribution in [2.45, 2.75) is 6.42 Å². The fraction of sp³-hybridized carbons (Fsp3) is 0.238. The molecular weight excluding hydrogens is 326 g/mol. The normalized spacial score (nSPS) is 14.4. The van der Waals surface area contributed by atoms with Crippen LogP contribution in [0.2, 0.25) is 0 Å². The first-order valence-electron chi connectivity index (χ1n) is 8.85. The molecule has 2 aromatic carbocycles. The Labute approximate surface area is 152 Å². The molecule has 0 aliphatic carbocycles. The Bertz CT molecular complexity index is 897. The molecule has 0 bridgehead atoms. The van der Waals surface area contributed by atoms with Crippen LogP contribution in [0.3, 0.4) is 0 Å². The van der Waals surface area contributed by atoms with Crippen LogP contribution in [0.5, 0.6) is 0 Å². The minimum atomic E-state index is -0.0621. The highest BCUT2D eigenvalue weighted by molar-refractivity contribution is 5.95. The van der Waals surface area contributed by atoms with Crippen molar-refractivity contribution in [3.8, 4) is 0 Å². The number of pyridine rings is 1. The van der Waals surface area contributed by atoms with Gasteiger partial charge >= 0.3 is 0 Å². The number of benzene rings is 2. The highest BCUT2D eigenvalue weighted by Gasteiger charge is 2.12. The summed E-state index contributed by atoms with van der Waals surface area (Å²) in [6.45, 7) is 3.22. The molecule has 132 valence electrons. The molecule has 0 radical (unpaired) electrons. The van der Waals surface area contributed by atoms with E-state index in [2.05, 4.69) is 27.3 Å². The number of carbonyl (C=O) groups excluding carboxylic acids is 1. The van der Waals surface area contributed by atoms with Crippen molar-refractivity contribution in [2.75, 3.05) is 36.5 Å². The summed E-state index contributed by atoms with van der Waals surface area (Å²) in [6.07, 6.45) is 2.13. The van der Waals surface area contributed by atoms with Gasteiger partial charge in [-0.2, -0.15) is 0 Å². The third kappa shape index (κ3) is 3.68. The largest absolute Gasteiger partial charge is 0.378 e. The average molecular weight is 347 g/mol. The summed E-state index contributed by atoms with van der Waals surface area (Å²) < 4.78 is 5.37. The topological polar surface area (TPSA) is 54.5 Å². The molecule has 0 saturated carbocycles. The Morgan fingerprint density at radius 3 is 2.65 bits per heavy atom. The number of nitrogens with zero attached hydrogens (tertiary/aromatic N) is 2. The predicted molar refractivity (Wildman–Crippen MR) is 104 cm³/mol. The minimum Gasteiger partial charge on any atom is -0.378 e. The number of carbonyl (C=O) groups is 1. The third-order valence-corrected chi connectivity index (χ3v) is 4.62. The molecule has 1 N–H and O–H groups in total. The number of aromatic nitrogens is 1.